The lowest BCUT2D eigenvalue weighted by atomic mass is 9.72. The van der Waals surface area contributed by atoms with Crippen molar-refractivity contribution in [3.8, 4) is 16.6 Å². The van der Waals surface area contributed by atoms with E-state index in [1.165, 1.54) is 11.3 Å². The fourth-order valence-corrected chi connectivity index (χ4v) is 6.03. The van der Waals surface area contributed by atoms with Crippen molar-refractivity contribution in [3.05, 3.63) is 36.4 Å². The number of anilines is 2. The van der Waals surface area contributed by atoms with Crippen molar-refractivity contribution in [2.45, 2.75) is 45.3 Å². The number of aromatic nitrogens is 5. The van der Waals surface area contributed by atoms with Gasteiger partial charge in [-0.2, -0.15) is 4.98 Å². The molecule has 5 heterocycles. The second-order valence-electron chi connectivity index (χ2n) is 10.3. The molecule has 11 heteroatoms. The molecule has 3 aliphatic rings. The number of likely N-dealkylation sites (N-methyl/N-ethyl adjacent to an activating group) is 1. The molecule has 0 atom stereocenters. The van der Waals surface area contributed by atoms with Crippen molar-refractivity contribution in [1.82, 2.24) is 34.7 Å². The molecule has 196 valence electrons. The molecule has 1 saturated carbocycles. The first-order chi connectivity index (χ1) is 18.2. The average Bonchev–Trinajstić information content (AvgIpc) is 3.39. The standard InChI is InChI=1S/C26H34N8O2S/c1-2-33-9-11-34(12-10-33)16-19-13-28-23(29-14-19)32-25-30-15-22(37-25)21-5-8-27-24(31-21)36-20-3-6-26(7-4-20)17-35-18-26/h5,8,13-15,20H,2-4,6-7,9-12,16-18H2,1H3,(H,28,29,30,32). The lowest BCUT2D eigenvalue weighted by molar-refractivity contribution is -0.140. The van der Waals surface area contributed by atoms with Gasteiger partial charge in [0.2, 0.25) is 5.95 Å². The van der Waals surface area contributed by atoms with Crippen LogP contribution in [0, 0.1) is 5.41 Å². The van der Waals surface area contributed by atoms with Gasteiger partial charge in [-0.3, -0.25) is 4.90 Å². The molecule has 1 spiro atoms. The highest BCUT2D eigenvalue weighted by molar-refractivity contribution is 7.18. The van der Waals surface area contributed by atoms with E-state index in [4.69, 9.17) is 9.47 Å². The Hall–Kier alpha value is -2.73. The molecule has 0 amide bonds. The molecule has 0 bridgehead atoms. The fourth-order valence-electron chi connectivity index (χ4n) is 5.25. The minimum Gasteiger partial charge on any atom is -0.460 e. The number of hydrogen-bond donors (Lipinski definition) is 1. The van der Waals surface area contributed by atoms with Crippen molar-refractivity contribution in [1.29, 1.82) is 0 Å². The third-order valence-electron chi connectivity index (χ3n) is 7.72. The Morgan fingerprint density at radius 3 is 2.49 bits per heavy atom. The zero-order valence-corrected chi connectivity index (χ0v) is 22.1. The van der Waals surface area contributed by atoms with Crippen LogP contribution in [0.25, 0.3) is 10.6 Å². The largest absolute Gasteiger partial charge is 0.460 e. The van der Waals surface area contributed by atoms with E-state index in [1.807, 2.05) is 24.7 Å². The van der Waals surface area contributed by atoms with Crippen LogP contribution in [0.15, 0.2) is 30.9 Å². The van der Waals surface area contributed by atoms with Gasteiger partial charge in [0.15, 0.2) is 5.13 Å². The predicted molar refractivity (Wildman–Crippen MR) is 142 cm³/mol. The van der Waals surface area contributed by atoms with Crippen LogP contribution in [0.1, 0.15) is 38.2 Å². The molecule has 1 aliphatic carbocycles. The van der Waals surface area contributed by atoms with Crippen molar-refractivity contribution in [3.63, 3.8) is 0 Å². The summed E-state index contributed by atoms with van der Waals surface area (Å²) in [5.74, 6) is 0.541. The molecule has 2 saturated heterocycles. The van der Waals surface area contributed by atoms with E-state index in [0.717, 1.165) is 99.4 Å². The van der Waals surface area contributed by atoms with Gasteiger partial charge in [0.25, 0.3) is 0 Å². The molecule has 0 aromatic carbocycles. The van der Waals surface area contributed by atoms with Gasteiger partial charge in [0.1, 0.15) is 6.10 Å². The van der Waals surface area contributed by atoms with E-state index in [9.17, 15) is 0 Å². The second-order valence-corrected chi connectivity index (χ2v) is 11.3. The van der Waals surface area contributed by atoms with Gasteiger partial charge in [-0.1, -0.05) is 18.3 Å². The van der Waals surface area contributed by atoms with E-state index in [0.29, 0.717) is 17.4 Å². The highest BCUT2D eigenvalue weighted by atomic mass is 32.1. The van der Waals surface area contributed by atoms with Crippen LogP contribution in [-0.4, -0.2) is 86.8 Å². The summed E-state index contributed by atoms with van der Waals surface area (Å²) < 4.78 is 11.6. The average molecular weight is 523 g/mol. The monoisotopic (exact) mass is 522 g/mol. The molecule has 10 nitrogen and oxygen atoms in total. The molecule has 3 fully saturated rings. The summed E-state index contributed by atoms with van der Waals surface area (Å²) in [7, 11) is 0. The molecule has 3 aromatic heterocycles. The van der Waals surface area contributed by atoms with Crippen LogP contribution in [0.5, 0.6) is 6.01 Å². The Morgan fingerprint density at radius 1 is 1.03 bits per heavy atom. The molecular formula is C26H34N8O2S. The zero-order chi connectivity index (χ0) is 25.1. The molecule has 6 rings (SSSR count). The third kappa shape index (κ3) is 5.90. The first-order valence-electron chi connectivity index (χ1n) is 13.2. The topological polar surface area (TPSA) is 101 Å². The minimum atomic E-state index is 0.168. The van der Waals surface area contributed by atoms with Crippen LogP contribution < -0.4 is 10.1 Å². The lowest BCUT2D eigenvalue weighted by Gasteiger charge is -2.45. The van der Waals surface area contributed by atoms with E-state index in [1.54, 1.807) is 6.20 Å². The van der Waals surface area contributed by atoms with Crippen molar-refractivity contribution < 1.29 is 9.47 Å². The Bertz CT molecular complexity index is 1170. The lowest BCUT2D eigenvalue weighted by Crippen LogP contribution is -2.46. The van der Waals surface area contributed by atoms with Gasteiger partial charge in [-0.15, -0.1) is 0 Å². The van der Waals surface area contributed by atoms with Gasteiger partial charge in [-0.25, -0.2) is 19.9 Å². The highest BCUT2D eigenvalue weighted by Crippen LogP contribution is 2.43. The summed E-state index contributed by atoms with van der Waals surface area (Å²) in [5.41, 5.74) is 2.33. The Morgan fingerprint density at radius 2 is 1.78 bits per heavy atom. The molecule has 3 aromatic rings. The van der Waals surface area contributed by atoms with Gasteiger partial charge < -0.3 is 19.7 Å². The van der Waals surface area contributed by atoms with E-state index < -0.39 is 0 Å². The first kappa shape index (κ1) is 24.6. The van der Waals surface area contributed by atoms with Gasteiger partial charge in [0, 0.05) is 68.5 Å². The minimum absolute atomic E-state index is 0.168. The van der Waals surface area contributed by atoms with E-state index >= 15 is 0 Å². The molecule has 37 heavy (non-hydrogen) atoms. The van der Waals surface area contributed by atoms with Crippen LogP contribution >= 0.6 is 11.3 Å². The van der Waals surface area contributed by atoms with Crippen molar-refractivity contribution in [2.75, 3.05) is 51.3 Å². The predicted octanol–water partition coefficient (Wildman–Crippen LogP) is 3.61. The van der Waals surface area contributed by atoms with Crippen LogP contribution in [0.2, 0.25) is 0 Å². The van der Waals surface area contributed by atoms with E-state index in [-0.39, 0.29) is 6.10 Å². The van der Waals surface area contributed by atoms with Crippen molar-refractivity contribution in [2.24, 2.45) is 5.41 Å². The number of rotatable bonds is 8. The highest BCUT2D eigenvalue weighted by Gasteiger charge is 2.42. The summed E-state index contributed by atoms with van der Waals surface area (Å²) in [6, 6.07) is 2.32. The number of nitrogens with zero attached hydrogens (tertiary/aromatic N) is 7. The fraction of sp³-hybridized carbons (Fsp3) is 0.577. The zero-order valence-electron chi connectivity index (χ0n) is 21.3. The Labute approximate surface area is 221 Å². The van der Waals surface area contributed by atoms with Crippen LogP contribution in [0.3, 0.4) is 0 Å². The van der Waals surface area contributed by atoms with Gasteiger partial charge in [0.05, 0.1) is 23.8 Å². The van der Waals surface area contributed by atoms with Crippen molar-refractivity contribution >= 4 is 22.4 Å². The Kier molecular flexibility index (Phi) is 7.27. The molecular weight excluding hydrogens is 488 g/mol. The summed E-state index contributed by atoms with van der Waals surface area (Å²) in [6.07, 6.45) is 11.9. The second kappa shape index (κ2) is 10.9. The van der Waals surface area contributed by atoms with Crippen LogP contribution in [0.4, 0.5) is 11.1 Å². The summed E-state index contributed by atoms with van der Waals surface area (Å²) in [4.78, 5) is 28.4. The van der Waals surface area contributed by atoms with Gasteiger partial charge >= 0.3 is 6.01 Å². The Balaban J connectivity index is 1.02. The number of nitrogens with one attached hydrogen (secondary N) is 1. The maximum Gasteiger partial charge on any atom is 0.317 e. The molecule has 0 radical (unpaired) electrons. The normalized spacial score (nSPS) is 20.6. The van der Waals surface area contributed by atoms with Gasteiger partial charge in [-0.05, 0) is 38.3 Å². The maximum atomic E-state index is 6.14. The third-order valence-corrected chi connectivity index (χ3v) is 8.65. The maximum absolute atomic E-state index is 6.14. The number of ether oxygens (including phenoxy) is 2. The van der Waals surface area contributed by atoms with E-state index in [2.05, 4.69) is 47.0 Å². The quantitative estimate of drug-likeness (QED) is 0.472. The number of hydrogen-bond acceptors (Lipinski definition) is 11. The summed E-state index contributed by atoms with van der Waals surface area (Å²) in [5, 5.41) is 3.94. The molecule has 1 N–H and O–H groups in total. The smallest absolute Gasteiger partial charge is 0.317 e. The summed E-state index contributed by atoms with van der Waals surface area (Å²) in [6.45, 7) is 10.5. The molecule has 0 unspecified atom stereocenters. The number of thiazole rings is 1. The first-order valence-corrected chi connectivity index (χ1v) is 14.0. The summed E-state index contributed by atoms with van der Waals surface area (Å²) >= 11 is 1.51. The SMILES string of the molecule is CCN1CCN(Cc2cnc(Nc3ncc(-c4ccnc(OC5CCC6(CC5)COC6)n4)s3)nc2)CC1. The van der Waals surface area contributed by atoms with Crippen LogP contribution in [-0.2, 0) is 11.3 Å². The molecule has 2 aliphatic heterocycles. The number of piperazine rings is 1.